The third-order valence-corrected chi connectivity index (χ3v) is 2.63. The van der Waals surface area contributed by atoms with Crippen molar-refractivity contribution in [3.63, 3.8) is 0 Å². The fraction of sp³-hybridized carbons (Fsp3) is 0.727. The van der Waals surface area contributed by atoms with Crippen molar-refractivity contribution in [3.8, 4) is 0 Å². The molecule has 0 aliphatic heterocycles. The van der Waals surface area contributed by atoms with Crippen LogP contribution in [-0.2, 0) is 9.53 Å². The van der Waals surface area contributed by atoms with Crippen LogP contribution in [0.5, 0.6) is 0 Å². The van der Waals surface area contributed by atoms with Gasteiger partial charge in [-0.25, -0.2) is 0 Å². The van der Waals surface area contributed by atoms with Crippen molar-refractivity contribution in [3.05, 3.63) is 12.7 Å². The summed E-state index contributed by atoms with van der Waals surface area (Å²) in [6.07, 6.45) is 3.07. The molecule has 1 unspecified atom stereocenters. The van der Waals surface area contributed by atoms with E-state index in [2.05, 4.69) is 6.58 Å². The smallest absolute Gasteiger partial charge is 0.326 e. The molecule has 0 fully saturated rings. The van der Waals surface area contributed by atoms with Crippen molar-refractivity contribution in [2.45, 2.75) is 25.3 Å². The maximum Gasteiger partial charge on any atom is 0.326 e. The lowest BCUT2D eigenvalue weighted by Crippen LogP contribution is -2.49. The van der Waals surface area contributed by atoms with Gasteiger partial charge in [0, 0.05) is 0 Å². The summed E-state index contributed by atoms with van der Waals surface area (Å²) in [4.78, 5) is 13.7. The Kier molecular flexibility index (Phi) is 6.20. The molecule has 0 spiro atoms. The molecule has 0 saturated heterocycles. The summed E-state index contributed by atoms with van der Waals surface area (Å²) in [6.45, 7) is 6.22. The molecule has 0 rings (SSSR count). The van der Waals surface area contributed by atoms with E-state index in [0.717, 1.165) is 6.42 Å². The molecule has 0 radical (unpaired) electrons. The fourth-order valence-corrected chi connectivity index (χ4v) is 1.24. The van der Waals surface area contributed by atoms with Crippen LogP contribution < -0.4 is 5.73 Å². The van der Waals surface area contributed by atoms with Crippen LogP contribution in [0.25, 0.3) is 0 Å². The predicted octanol–water partition coefficient (Wildman–Crippen LogP) is 0.775. The van der Waals surface area contributed by atoms with E-state index in [-0.39, 0.29) is 12.6 Å². The van der Waals surface area contributed by atoms with Gasteiger partial charge in [0.05, 0.1) is 0 Å². The van der Waals surface area contributed by atoms with Crippen LogP contribution >= 0.6 is 0 Å². The molecule has 15 heavy (non-hydrogen) atoms. The molecule has 1 atom stereocenters. The summed E-state index contributed by atoms with van der Waals surface area (Å²) in [5.41, 5.74) is 4.85. The number of esters is 1. The van der Waals surface area contributed by atoms with Crippen molar-refractivity contribution in [1.82, 2.24) is 4.90 Å². The largest absolute Gasteiger partial charge is 0.460 e. The van der Waals surface area contributed by atoms with E-state index in [4.69, 9.17) is 10.5 Å². The van der Waals surface area contributed by atoms with E-state index in [9.17, 15) is 4.79 Å². The average molecular weight is 214 g/mol. The van der Waals surface area contributed by atoms with Gasteiger partial charge in [-0.05, 0) is 40.4 Å². The zero-order chi connectivity index (χ0) is 11.9. The van der Waals surface area contributed by atoms with Gasteiger partial charge in [-0.3, -0.25) is 9.69 Å². The summed E-state index contributed by atoms with van der Waals surface area (Å²) in [5, 5.41) is 0. The van der Waals surface area contributed by atoms with Gasteiger partial charge >= 0.3 is 5.97 Å². The van der Waals surface area contributed by atoms with E-state index in [1.807, 2.05) is 25.9 Å². The molecule has 4 heteroatoms. The summed E-state index contributed by atoms with van der Waals surface area (Å²) < 4.78 is 5.08. The number of hydrogen-bond acceptors (Lipinski definition) is 4. The minimum atomic E-state index is -0.595. The van der Waals surface area contributed by atoms with Crippen LogP contribution in [0.3, 0.4) is 0 Å². The third-order valence-electron chi connectivity index (χ3n) is 2.63. The van der Waals surface area contributed by atoms with Crippen molar-refractivity contribution >= 4 is 5.97 Å². The Balaban J connectivity index is 4.47. The molecule has 0 aromatic rings. The quantitative estimate of drug-likeness (QED) is 0.502. The number of likely N-dealkylation sites (N-methyl/N-ethyl adjacent to an activating group) is 1. The normalized spacial score (nSPS) is 14.7. The topological polar surface area (TPSA) is 55.6 Å². The predicted molar refractivity (Wildman–Crippen MR) is 61.5 cm³/mol. The zero-order valence-electron chi connectivity index (χ0n) is 9.95. The fourth-order valence-electron chi connectivity index (χ4n) is 1.24. The van der Waals surface area contributed by atoms with Crippen LogP contribution in [-0.4, -0.2) is 43.7 Å². The molecule has 0 aliphatic rings. The standard InChI is InChI=1S/C11H22N2O2/c1-5-9-15-10(14)11(2,13(3)4)7-6-8-12/h5H,1,6-9,12H2,2-4H3. The molecular formula is C11H22N2O2. The van der Waals surface area contributed by atoms with Crippen LogP contribution in [0, 0.1) is 0 Å². The van der Waals surface area contributed by atoms with Gasteiger partial charge < -0.3 is 10.5 Å². The molecule has 0 aliphatic carbocycles. The van der Waals surface area contributed by atoms with Crippen LogP contribution in [0.1, 0.15) is 19.8 Å². The SMILES string of the molecule is C=CCOC(=O)C(C)(CCCN)N(C)C. The first-order valence-electron chi connectivity index (χ1n) is 5.14. The Morgan fingerprint density at radius 3 is 2.60 bits per heavy atom. The maximum atomic E-state index is 11.8. The Hall–Kier alpha value is -0.870. The lowest BCUT2D eigenvalue weighted by molar-refractivity contribution is -0.155. The van der Waals surface area contributed by atoms with Gasteiger partial charge in [0.1, 0.15) is 12.1 Å². The molecule has 2 N–H and O–H groups in total. The zero-order valence-corrected chi connectivity index (χ0v) is 9.95. The molecule has 0 heterocycles. The summed E-state index contributed by atoms with van der Waals surface area (Å²) in [6, 6.07) is 0. The number of hydrogen-bond donors (Lipinski definition) is 1. The minimum Gasteiger partial charge on any atom is -0.460 e. The highest BCUT2D eigenvalue weighted by Gasteiger charge is 2.36. The highest BCUT2D eigenvalue weighted by Crippen LogP contribution is 2.20. The Morgan fingerprint density at radius 2 is 2.20 bits per heavy atom. The Labute approximate surface area is 92.1 Å². The summed E-state index contributed by atoms with van der Waals surface area (Å²) in [5.74, 6) is -0.221. The molecule has 88 valence electrons. The third kappa shape index (κ3) is 4.01. The highest BCUT2D eigenvalue weighted by molar-refractivity contribution is 5.80. The first kappa shape index (κ1) is 14.1. The van der Waals surface area contributed by atoms with Crippen LogP contribution in [0.2, 0.25) is 0 Å². The number of rotatable bonds is 7. The van der Waals surface area contributed by atoms with E-state index in [1.54, 1.807) is 6.08 Å². The minimum absolute atomic E-state index is 0.221. The van der Waals surface area contributed by atoms with Crippen molar-refractivity contribution in [2.24, 2.45) is 5.73 Å². The van der Waals surface area contributed by atoms with Crippen LogP contribution in [0.15, 0.2) is 12.7 Å². The molecule has 0 aromatic carbocycles. The van der Waals surface area contributed by atoms with E-state index >= 15 is 0 Å². The van der Waals surface area contributed by atoms with Gasteiger partial charge in [-0.1, -0.05) is 12.7 Å². The molecule has 4 nitrogen and oxygen atoms in total. The second kappa shape index (κ2) is 6.58. The van der Waals surface area contributed by atoms with Gasteiger partial charge in [-0.15, -0.1) is 0 Å². The van der Waals surface area contributed by atoms with Crippen LogP contribution in [0.4, 0.5) is 0 Å². The maximum absolute atomic E-state index is 11.8. The average Bonchev–Trinajstić information content (AvgIpc) is 2.21. The number of ether oxygens (including phenoxy) is 1. The van der Waals surface area contributed by atoms with E-state index in [1.165, 1.54) is 0 Å². The van der Waals surface area contributed by atoms with Gasteiger partial charge in [-0.2, -0.15) is 0 Å². The van der Waals surface area contributed by atoms with Gasteiger partial charge in [0.25, 0.3) is 0 Å². The van der Waals surface area contributed by atoms with Crippen molar-refractivity contribution in [2.75, 3.05) is 27.2 Å². The molecule has 0 aromatic heterocycles. The van der Waals surface area contributed by atoms with Gasteiger partial charge in [0.15, 0.2) is 0 Å². The van der Waals surface area contributed by atoms with Crippen molar-refractivity contribution < 1.29 is 9.53 Å². The first-order valence-corrected chi connectivity index (χ1v) is 5.14. The number of carbonyl (C=O) groups excluding carboxylic acids is 1. The Morgan fingerprint density at radius 1 is 1.60 bits per heavy atom. The molecule has 0 saturated carbocycles. The summed E-state index contributed by atoms with van der Waals surface area (Å²) in [7, 11) is 3.73. The second-order valence-corrected chi connectivity index (χ2v) is 3.95. The molecule has 0 amide bonds. The van der Waals surface area contributed by atoms with E-state index in [0.29, 0.717) is 13.0 Å². The molecule has 0 bridgehead atoms. The monoisotopic (exact) mass is 214 g/mol. The lowest BCUT2D eigenvalue weighted by atomic mass is 9.94. The summed E-state index contributed by atoms with van der Waals surface area (Å²) >= 11 is 0. The lowest BCUT2D eigenvalue weighted by Gasteiger charge is -2.33. The Bertz CT molecular complexity index is 217. The molecular weight excluding hydrogens is 192 g/mol. The van der Waals surface area contributed by atoms with Gasteiger partial charge in [0.2, 0.25) is 0 Å². The van der Waals surface area contributed by atoms with E-state index < -0.39 is 5.54 Å². The highest BCUT2D eigenvalue weighted by atomic mass is 16.5. The number of nitrogens with zero attached hydrogens (tertiary/aromatic N) is 1. The first-order chi connectivity index (χ1) is 6.99. The second-order valence-electron chi connectivity index (χ2n) is 3.95. The number of nitrogens with two attached hydrogens (primary N) is 1. The number of carbonyl (C=O) groups is 1. The van der Waals surface area contributed by atoms with Crippen molar-refractivity contribution in [1.29, 1.82) is 0 Å².